The average Bonchev–Trinajstić information content (AvgIpc) is 3.04. The minimum atomic E-state index is -0.390. The van der Waals surface area contributed by atoms with E-state index in [1.165, 1.54) is 6.92 Å². The van der Waals surface area contributed by atoms with Crippen LogP contribution in [0.4, 0.5) is 0 Å². The molecule has 0 radical (unpaired) electrons. The smallest absolute Gasteiger partial charge is 0.243 e. The number of halogens is 1. The second-order valence-electron chi connectivity index (χ2n) is 5.15. The summed E-state index contributed by atoms with van der Waals surface area (Å²) >= 11 is 5.01. The van der Waals surface area contributed by atoms with Crippen molar-refractivity contribution in [2.75, 3.05) is 0 Å². The molecule has 0 spiro atoms. The Bertz CT molecular complexity index is 483. The summed E-state index contributed by atoms with van der Waals surface area (Å²) in [7, 11) is 0. The minimum absolute atomic E-state index is 0.0726. The summed E-state index contributed by atoms with van der Waals surface area (Å²) in [6.45, 7) is 1.98. The van der Waals surface area contributed by atoms with E-state index < -0.39 is 6.04 Å². The number of nitrogens with one attached hydrogen (secondary N) is 2. The zero-order valence-corrected chi connectivity index (χ0v) is 13.9. The highest BCUT2D eigenvalue weighted by atomic mass is 79.9. The molecule has 6 heteroatoms. The first-order valence-electron chi connectivity index (χ1n) is 6.85. The summed E-state index contributed by atoms with van der Waals surface area (Å²) in [6, 6.07) is 3.56. The van der Waals surface area contributed by atoms with Crippen LogP contribution in [0.2, 0.25) is 0 Å². The fourth-order valence-corrected chi connectivity index (χ4v) is 4.06. The molecule has 2 amide bonds. The zero-order chi connectivity index (χ0) is 14.5. The van der Waals surface area contributed by atoms with Crippen LogP contribution < -0.4 is 10.6 Å². The fraction of sp³-hybridized carbons (Fsp3) is 0.571. The highest BCUT2D eigenvalue weighted by molar-refractivity contribution is 9.11. The maximum atomic E-state index is 12.3. The Labute approximate surface area is 131 Å². The Kier molecular flexibility index (Phi) is 5.60. The Morgan fingerprint density at radius 1 is 1.40 bits per heavy atom. The standard InChI is InChI=1S/C14H19BrN2O2S/c1-9(18)17-13(10-4-2-3-5-10)14(19)16-8-11-6-7-12(15)20-11/h6-7,10,13H,2-5,8H2,1H3,(H,16,19)(H,17,18). The lowest BCUT2D eigenvalue weighted by molar-refractivity contribution is -0.129. The van der Waals surface area contributed by atoms with Gasteiger partial charge in [-0.1, -0.05) is 12.8 Å². The van der Waals surface area contributed by atoms with Gasteiger partial charge < -0.3 is 10.6 Å². The van der Waals surface area contributed by atoms with Gasteiger partial charge in [-0.2, -0.15) is 0 Å². The third-order valence-electron chi connectivity index (χ3n) is 3.58. The van der Waals surface area contributed by atoms with Gasteiger partial charge in [-0.3, -0.25) is 9.59 Å². The van der Waals surface area contributed by atoms with Gasteiger partial charge in [-0.25, -0.2) is 0 Å². The second-order valence-corrected chi connectivity index (χ2v) is 7.69. The van der Waals surface area contributed by atoms with Gasteiger partial charge in [0, 0.05) is 11.8 Å². The summed E-state index contributed by atoms with van der Waals surface area (Å²) in [6.07, 6.45) is 4.32. The zero-order valence-electron chi connectivity index (χ0n) is 11.4. The van der Waals surface area contributed by atoms with Gasteiger partial charge in [0.2, 0.25) is 11.8 Å². The van der Waals surface area contributed by atoms with Gasteiger partial charge in [0.25, 0.3) is 0 Å². The fourth-order valence-electron chi connectivity index (χ4n) is 2.64. The largest absolute Gasteiger partial charge is 0.349 e. The molecule has 2 rings (SSSR count). The number of thiophene rings is 1. The van der Waals surface area contributed by atoms with Gasteiger partial charge >= 0.3 is 0 Å². The molecule has 1 saturated carbocycles. The molecule has 20 heavy (non-hydrogen) atoms. The van der Waals surface area contributed by atoms with E-state index in [9.17, 15) is 9.59 Å². The van der Waals surface area contributed by atoms with E-state index >= 15 is 0 Å². The maximum absolute atomic E-state index is 12.3. The Morgan fingerprint density at radius 2 is 2.10 bits per heavy atom. The number of hydrogen-bond acceptors (Lipinski definition) is 3. The molecule has 0 saturated heterocycles. The maximum Gasteiger partial charge on any atom is 0.243 e. The third-order valence-corrected chi connectivity index (χ3v) is 5.20. The van der Waals surface area contributed by atoms with Crippen molar-refractivity contribution in [3.63, 3.8) is 0 Å². The minimum Gasteiger partial charge on any atom is -0.349 e. The van der Waals surface area contributed by atoms with Gasteiger partial charge in [0.1, 0.15) is 6.04 Å². The van der Waals surface area contributed by atoms with Crippen molar-refractivity contribution in [3.8, 4) is 0 Å². The van der Waals surface area contributed by atoms with Crippen LogP contribution in [0, 0.1) is 5.92 Å². The predicted octanol–water partition coefficient (Wildman–Crippen LogP) is 2.82. The lowest BCUT2D eigenvalue weighted by Crippen LogP contribution is -2.49. The van der Waals surface area contributed by atoms with Crippen molar-refractivity contribution < 1.29 is 9.59 Å². The molecule has 1 heterocycles. The summed E-state index contributed by atoms with van der Waals surface area (Å²) in [5, 5.41) is 5.74. The van der Waals surface area contributed by atoms with Crippen LogP contribution in [0.25, 0.3) is 0 Å². The summed E-state index contributed by atoms with van der Waals surface area (Å²) in [5.74, 6) is 0.0570. The van der Waals surface area contributed by atoms with E-state index in [0.29, 0.717) is 6.54 Å². The number of carbonyl (C=O) groups is 2. The Morgan fingerprint density at radius 3 is 2.65 bits per heavy atom. The summed E-state index contributed by atoms with van der Waals surface area (Å²) < 4.78 is 1.05. The molecule has 0 bridgehead atoms. The monoisotopic (exact) mass is 358 g/mol. The third kappa shape index (κ3) is 4.31. The quantitative estimate of drug-likeness (QED) is 0.849. The van der Waals surface area contributed by atoms with Crippen LogP contribution in [0.15, 0.2) is 15.9 Å². The normalized spacial score (nSPS) is 16.9. The number of hydrogen-bond donors (Lipinski definition) is 2. The highest BCUT2D eigenvalue weighted by Crippen LogP contribution is 2.28. The van der Waals surface area contributed by atoms with E-state index in [1.807, 2.05) is 12.1 Å². The molecule has 1 fully saturated rings. The Balaban J connectivity index is 1.93. The van der Waals surface area contributed by atoms with E-state index in [-0.39, 0.29) is 17.7 Å². The molecule has 0 aliphatic heterocycles. The van der Waals surface area contributed by atoms with Crippen LogP contribution in [-0.2, 0) is 16.1 Å². The van der Waals surface area contributed by atoms with E-state index in [0.717, 1.165) is 34.3 Å². The molecule has 2 N–H and O–H groups in total. The highest BCUT2D eigenvalue weighted by Gasteiger charge is 2.31. The van der Waals surface area contributed by atoms with Crippen molar-refractivity contribution in [1.82, 2.24) is 10.6 Å². The van der Waals surface area contributed by atoms with Crippen molar-refractivity contribution in [1.29, 1.82) is 0 Å². The lowest BCUT2D eigenvalue weighted by atomic mass is 9.97. The van der Waals surface area contributed by atoms with Gasteiger partial charge in [0.15, 0.2) is 0 Å². The summed E-state index contributed by atoms with van der Waals surface area (Å²) in [4.78, 5) is 24.7. The molecule has 1 aliphatic rings. The first-order chi connectivity index (χ1) is 9.56. The molecular weight excluding hydrogens is 340 g/mol. The van der Waals surface area contributed by atoms with Crippen LogP contribution in [0.3, 0.4) is 0 Å². The van der Waals surface area contributed by atoms with Gasteiger partial charge in [-0.05, 0) is 46.8 Å². The van der Waals surface area contributed by atoms with E-state index in [4.69, 9.17) is 0 Å². The molecular formula is C14H19BrN2O2S. The predicted molar refractivity (Wildman–Crippen MR) is 83.4 cm³/mol. The molecule has 110 valence electrons. The Hall–Kier alpha value is -0.880. The van der Waals surface area contributed by atoms with Gasteiger partial charge in [0.05, 0.1) is 10.3 Å². The van der Waals surface area contributed by atoms with Crippen molar-refractivity contribution in [2.24, 2.45) is 5.92 Å². The van der Waals surface area contributed by atoms with Crippen LogP contribution >= 0.6 is 27.3 Å². The van der Waals surface area contributed by atoms with Crippen LogP contribution in [0.1, 0.15) is 37.5 Å². The van der Waals surface area contributed by atoms with Crippen LogP contribution in [0.5, 0.6) is 0 Å². The molecule has 1 unspecified atom stereocenters. The first-order valence-corrected chi connectivity index (χ1v) is 8.46. The average molecular weight is 359 g/mol. The van der Waals surface area contributed by atoms with Crippen molar-refractivity contribution in [2.45, 2.75) is 45.2 Å². The van der Waals surface area contributed by atoms with E-state index in [1.54, 1.807) is 11.3 Å². The molecule has 0 aromatic carbocycles. The molecule has 1 aromatic rings. The second kappa shape index (κ2) is 7.22. The number of amides is 2. The summed E-state index contributed by atoms with van der Waals surface area (Å²) in [5.41, 5.74) is 0. The lowest BCUT2D eigenvalue weighted by Gasteiger charge is -2.23. The molecule has 1 atom stereocenters. The number of rotatable bonds is 5. The first kappa shape index (κ1) is 15.5. The van der Waals surface area contributed by atoms with Crippen LogP contribution in [-0.4, -0.2) is 17.9 Å². The van der Waals surface area contributed by atoms with Gasteiger partial charge in [-0.15, -0.1) is 11.3 Å². The van der Waals surface area contributed by atoms with Crippen molar-refractivity contribution in [3.05, 3.63) is 20.8 Å². The molecule has 1 aromatic heterocycles. The molecule has 4 nitrogen and oxygen atoms in total. The topological polar surface area (TPSA) is 58.2 Å². The van der Waals surface area contributed by atoms with Crippen molar-refractivity contribution >= 4 is 39.1 Å². The number of carbonyl (C=O) groups excluding carboxylic acids is 2. The van der Waals surface area contributed by atoms with E-state index in [2.05, 4.69) is 26.6 Å². The SMILES string of the molecule is CC(=O)NC(C(=O)NCc1ccc(Br)s1)C1CCCC1. The molecule has 1 aliphatic carbocycles.